The number of methoxy groups -OCH3 is 1. The van der Waals surface area contributed by atoms with Crippen molar-refractivity contribution >= 4 is 22.8 Å². The van der Waals surface area contributed by atoms with Gasteiger partial charge in [-0.25, -0.2) is 0 Å². The summed E-state index contributed by atoms with van der Waals surface area (Å²) in [6, 6.07) is 14.0. The Morgan fingerprint density at radius 2 is 1.85 bits per heavy atom. The Morgan fingerprint density at radius 1 is 1.18 bits per heavy atom. The SMILES string of the molecule is COCCN1C(=O)c2oc3ccccc3c2OCC1(C)C(=O)NCc1ccccc1O.OO.[V]. The average Bonchev–Trinajstić information content (AvgIpc) is 3.17. The largest absolute Gasteiger partial charge is 0.508 e. The summed E-state index contributed by atoms with van der Waals surface area (Å²) in [4.78, 5) is 28.1. The molecule has 1 aliphatic rings. The number of carbonyl (C=O) groups is 2. The van der Waals surface area contributed by atoms with Crippen LogP contribution in [-0.4, -0.2) is 64.7 Å². The first-order valence-corrected chi connectivity index (χ1v) is 10.2. The number of nitrogens with zero attached hydrogens (tertiary/aromatic N) is 1. The number of carbonyl (C=O) groups excluding carboxylic acids is 2. The predicted molar refractivity (Wildman–Crippen MR) is 118 cm³/mol. The van der Waals surface area contributed by atoms with Crippen LogP contribution < -0.4 is 10.1 Å². The van der Waals surface area contributed by atoms with E-state index >= 15 is 0 Å². The Hall–Kier alpha value is -3.02. The molecule has 1 atom stereocenters. The third kappa shape index (κ3) is 5.21. The zero-order valence-electron chi connectivity index (χ0n) is 18.7. The summed E-state index contributed by atoms with van der Waals surface area (Å²) in [5.41, 5.74) is -0.204. The van der Waals surface area contributed by atoms with E-state index in [4.69, 9.17) is 24.4 Å². The molecular formula is C23H26N2O8V. The number of hydrogen-bond donors (Lipinski definition) is 4. The van der Waals surface area contributed by atoms with Crippen molar-refractivity contribution in [1.29, 1.82) is 0 Å². The molecule has 0 fully saturated rings. The van der Waals surface area contributed by atoms with Crippen LogP contribution in [0.15, 0.2) is 52.9 Å². The second kappa shape index (κ2) is 11.9. The first-order valence-electron chi connectivity index (χ1n) is 10.2. The smallest absolute Gasteiger partial charge is 0.294 e. The van der Waals surface area contributed by atoms with Crippen LogP contribution in [-0.2, 0) is 34.6 Å². The Bertz CT molecular complexity index is 1140. The minimum atomic E-state index is -1.32. The van der Waals surface area contributed by atoms with Crippen LogP contribution in [0.4, 0.5) is 0 Å². The van der Waals surface area contributed by atoms with Gasteiger partial charge in [-0.2, -0.15) is 0 Å². The van der Waals surface area contributed by atoms with Gasteiger partial charge in [0, 0.05) is 44.3 Å². The number of hydrogen-bond acceptors (Lipinski definition) is 8. The Balaban J connectivity index is 0.00000133. The van der Waals surface area contributed by atoms with E-state index < -0.39 is 17.4 Å². The van der Waals surface area contributed by atoms with E-state index in [-0.39, 0.29) is 56.4 Å². The predicted octanol–water partition coefficient (Wildman–Crippen LogP) is 2.71. The van der Waals surface area contributed by atoms with Gasteiger partial charge < -0.3 is 29.2 Å². The van der Waals surface area contributed by atoms with Crippen LogP contribution >= 0.6 is 0 Å². The number of aromatic hydroxyl groups is 1. The van der Waals surface area contributed by atoms with E-state index in [9.17, 15) is 14.7 Å². The first-order chi connectivity index (χ1) is 16.0. The second-order valence-corrected chi connectivity index (χ2v) is 7.58. The van der Waals surface area contributed by atoms with E-state index in [1.165, 1.54) is 12.0 Å². The Labute approximate surface area is 207 Å². The molecule has 0 aliphatic carbocycles. The number of nitrogens with one attached hydrogen (secondary N) is 1. The van der Waals surface area contributed by atoms with Gasteiger partial charge in [0.05, 0.1) is 12.0 Å². The monoisotopic (exact) mass is 509 g/mol. The minimum Gasteiger partial charge on any atom is -0.508 e. The molecule has 4 rings (SSSR count). The van der Waals surface area contributed by atoms with Crippen LogP contribution in [0.5, 0.6) is 11.5 Å². The van der Waals surface area contributed by atoms with Crippen LogP contribution in [0.1, 0.15) is 23.0 Å². The fourth-order valence-corrected chi connectivity index (χ4v) is 3.69. The molecule has 4 N–H and O–H groups in total. The third-order valence-corrected chi connectivity index (χ3v) is 5.52. The standard InChI is InChI=1S/C23H24N2O6.H2O2.V/c1-23(22(28)24-13-15-7-3-5-9-17(15)26)14-30-19-16-8-4-6-10-18(16)31-20(19)21(27)25(23)11-12-29-2;1-2;/h3-10,26H,11-14H2,1-2H3,(H,24,28);1-2H;. The van der Waals surface area contributed by atoms with Gasteiger partial charge in [0.25, 0.3) is 5.91 Å². The van der Waals surface area contributed by atoms with E-state index in [1.807, 2.05) is 18.2 Å². The molecule has 1 aromatic heterocycles. The summed E-state index contributed by atoms with van der Waals surface area (Å²) in [6.07, 6.45) is 0. The van der Waals surface area contributed by atoms with Crippen LogP contribution in [0.25, 0.3) is 11.0 Å². The van der Waals surface area contributed by atoms with Crippen LogP contribution in [0, 0.1) is 0 Å². The van der Waals surface area contributed by atoms with Gasteiger partial charge in [-0.05, 0) is 25.1 Å². The van der Waals surface area contributed by atoms with Crippen molar-refractivity contribution in [3.63, 3.8) is 0 Å². The van der Waals surface area contributed by atoms with Crippen LogP contribution in [0.3, 0.4) is 0 Å². The molecule has 0 saturated carbocycles. The van der Waals surface area contributed by atoms with Gasteiger partial charge in [-0.15, -0.1) is 0 Å². The van der Waals surface area contributed by atoms with Crippen molar-refractivity contribution in [2.45, 2.75) is 19.0 Å². The van der Waals surface area contributed by atoms with Crippen molar-refractivity contribution < 1.29 is 57.7 Å². The van der Waals surface area contributed by atoms with E-state index in [2.05, 4.69) is 5.32 Å². The van der Waals surface area contributed by atoms with E-state index in [0.717, 1.165) is 0 Å². The Morgan fingerprint density at radius 3 is 2.56 bits per heavy atom. The summed E-state index contributed by atoms with van der Waals surface area (Å²) >= 11 is 0. The fourth-order valence-electron chi connectivity index (χ4n) is 3.69. The van der Waals surface area contributed by atoms with Crippen molar-refractivity contribution in [1.82, 2.24) is 10.2 Å². The quantitative estimate of drug-likeness (QED) is 0.294. The molecule has 1 radical (unpaired) electrons. The fraction of sp³-hybridized carbons (Fsp3) is 0.304. The summed E-state index contributed by atoms with van der Waals surface area (Å²) in [6.45, 7) is 2.11. The molecule has 0 saturated heterocycles. The zero-order chi connectivity index (χ0) is 24.0. The molecule has 2 amide bonds. The number of para-hydroxylation sites is 2. The van der Waals surface area contributed by atoms with E-state index in [1.54, 1.807) is 37.3 Å². The van der Waals surface area contributed by atoms with Crippen molar-refractivity contribution in [2.75, 3.05) is 26.9 Å². The molecule has 1 unspecified atom stereocenters. The maximum Gasteiger partial charge on any atom is 0.294 e. The summed E-state index contributed by atoms with van der Waals surface area (Å²) in [5, 5.41) is 25.5. The average molecular weight is 509 g/mol. The molecule has 2 aromatic carbocycles. The summed E-state index contributed by atoms with van der Waals surface area (Å²) in [5.74, 6) is -0.367. The topological polar surface area (TPSA) is 142 Å². The zero-order valence-corrected chi connectivity index (χ0v) is 20.1. The van der Waals surface area contributed by atoms with Gasteiger partial charge in [0.2, 0.25) is 11.7 Å². The number of ether oxygens (including phenoxy) is 2. The molecule has 0 bridgehead atoms. The third-order valence-electron chi connectivity index (χ3n) is 5.52. The summed E-state index contributed by atoms with van der Waals surface area (Å²) < 4.78 is 16.9. The molecule has 0 spiro atoms. The molecule has 181 valence electrons. The molecule has 10 nitrogen and oxygen atoms in total. The van der Waals surface area contributed by atoms with Gasteiger partial charge in [0.1, 0.15) is 17.9 Å². The Kier molecular flexibility index (Phi) is 9.54. The first kappa shape index (κ1) is 27.2. The van der Waals surface area contributed by atoms with Gasteiger partial charge in [0.15, 0.2) is 11.3 Å². The number of rotatable bonds is 6. The normalized spacial score (nSPS) is 16.9. The molecular weight excluding hydrogens is 483 g/mol. The number of furan rings is 1. The number of phenolic OH excluding ortho intramolecular Hbond substituents is 1. The molecule has 34 heavy (non-hydrogen) atoms. The minimum absolute atomic E-state index is 0. The summed E-state index contributed by atoms with van der Waals surface area (Å²) in [7, 11) is 1.53. The number of amides is 2. The van der Waals surface area contributed by atoms with Gasteiger partial charge in [-0.1, -0.05) is 30.3 Å². The molecule has 2 heterocycles. The van der Waals surface area contributed by atoms with E-state index in [0.29, 0.717) is 22.3 Å². The van der Waals surface area contributed by atoms with Crippen LogP contribution in [0.2, 0.25) is 0 Å². The molecule has 11 heteroatoms. The van der Waals surface area contributed by atoms with Gasteiger partial charge >= 0.3 is 0 Å². The number of fused-ring (bicyclic) bond motifs is 3. The van der Waals surface area contributed by atoms with Gasteiger partial charge in [-0.3, -0.25) is 20.1 Å². The maximum atomic E-state index is 13.4. The van der Waals surface area contributed by atoms with Crippen molar-refractivity contribution in [3.8, 4) is 11.5 Å². The maximum absolute atomic E-state index is 13.4. The number of phenols is 1. The second-order valence-electron chi connectivity index (χ2n) is 7.58. The molecule has 3 aromatic rings. The number of benzene rings is 2. The molecule has 1 aliphatic heterocycles. The van der Waals surface area contributed by atoms with Crippen molar-refractivity contribution in [2.24, 2.45) is 0 Å². The van der Waals surface area contributed by atoms with Crippen molar-refractivity contribution in [3.05, 3.63) is 59.9 Å².